The molecule has 0 unspecified atom stereocenters. The molecule has 0 atom stereocenters. The summed E-state index contributed by atoms with van der Waals surface area (Å²) in [4.78, 5) is 10.3. The first-order chi connectivity index (χ1) is 21.6. The summed E-state index contributed by atoms with van der Waals surface area (Å²) in [7, 11) is 0. The summed E-state index contributed by atoms with van der Waals surface area (Å²) in [6.07, 6.45) is 0. The van der Waals surface area contributed by atoms with Crippen molar-refractivity contribution in [3.8, 4) is 39.5 Å². The number of para-hydroxylation sites is 2. The average Bonchev–Trinajstić information content (AvgIpc) is 3.53. The van der Waals surface area contributed by atoms with Crippen LogP contribution in [0.5, 0.6) is 0 Å². The molecule has 208 valence electrons. The third kappa shape index (κ3) is 3.56. The summed E-state index contributed by atoms with van der Waals surface area (Å²) in [6, 6.07) is 49.9. The van der Waals surface area contributed by atoms with Gasteiger partial charge in [-0.25, -0.2) is 9.97 Å². The Kier molecular flexibility index (Phi) is 5.24. The summed E-state index contributed by atoms with van der Waals surface area (Å²) in [5.74, 6) is 0.679. The van der Waals surface area contributed by atoms with Gasteiger partial charge in [0.05, 0.1) is 22.2 Å². The number of nitrogens with zero attached hydrogens (tertiary/aromatic N) is 3. The van der Waals surface area contributed by atoms with Crippen LogP contribution in [0.25, 0.3) is 72.2 Å². The minimum Gasteiger partial charge on any atom is -0.278 e. The lowest BCUT2D eigenvalue weighted by atomic mass is 9.81. The number of rotatable bonds is 3. The molecule has 0 N–H and O–H groups in total. The van der Waals surface area contributed by atoms with Crippen LogP contribution < -0.4 is 0 Å². The average molecular weight is 564 g/mol. The van der Waals surface area contributed by atoms with Crippen LogP contribution in [0.4, 0.5) is 0 Å². The molecule has 0 saturated heterocycles. The van der Waals surface area contributed by atoms with Crippen LogP contribution in [-0.4, -0.2) is 14.5 Å². The maximum atomic E-state index is 5.22. The van der Waals surface area contributed by atoms with Gasteiger partial charge >= 0.3 is 0 Å². The number of hydrogen-bond donors (Lipinski definition) is 0. The third-order valence-electron chi connectivity index (χ3n) is 9.43. The van der Waals surface area contributed by atoms with Gasteiger partial charge in [-0.05, 0) is 63.7 Å². The lowest BCUT2D eigenvalue weighted by Gasteiger charge is -2.22. The van der Waals surface area contributed by atoms with Crippen molar-refractivity contribution in [2.24, 2.45) is 0 Å². The third-order valence-corrected chi connectivity index (χ3v) is 9.43. The second-order valence-corrected chi connectivity index (χ2v) is 12.3. The lowest BCUT2D eigenvalue weighted by Crippen LogP contribution is -2.14. The fourth-order valence-corrected chi connectivity index (χ4v) is 7.23. The Labute approximate surface area is 256 Å². The smallest absolute Gasteiger partial charge is 0.235 e. The predicted molar refractivity (Wildman–Crippen MR) is 182 cm³/mol. The highest BCUT2D eigenvalue weighted by Crippen LogP contribution is 2.49. The van der Waals surface area contributed by atoms with Crippen molar-refractivity contribution in [3.63, 3.8) is 0 Å². The van der Waals surface area contributed by atoms with Crippen LogP contribution >= 0.6 is 0 Å². The Morgan fingerprint density at radius 1 is 0.477 bits per heavy atom. The standard InChI is InChI=1S/C41H29N3/c1-41(2)34-17-9-6-14-29(34)30-22-20-28(25-35(30)41)27-21-23-38-33(24-27)31-15-8-11-19-37(31)44(38)40-42-36-18-10-7-16-32(36)39(43-40)26-12-4-3-5-13-26/h3-25H,1-2H3. The molecule has 3 nitrogen and oxygen atoms in total. The topological polar surface area (TPSA) is 30.7 Å². The molecule has 8 aromatic rings. The van der Waals surface area contributed by atoms with Crippen molar-refractivity contribution in [1.29, 1.82) is 0 Å². The van der Waals surface area contributed by atoms with E-state index in [1.807, 2.05) is 12.1 Å². The largest absolute Gasteiger partial charge is 0.278 e. The van der Waals surface area contributed by atoms with Gasteiger partial charge in [0.2, 0.25) is 5.95 Å². The fraction of sp³-hybridized carbons (Fsp3) is 0.0732. The molecule has 9 rings (SSSR count). The molecule has 0 saturated carbocycles. The highest BCUT2D eigenvalue weighted by molar-refractivity contribution is 6.10. The molecule has 3 heteroatoms. The Balaban J connectivity index is 1.25. The molecular formula is C41H29N3. The molecule has 6 aromatic carbocycles. The van der Waals surface area contributed by atoms with Gasteiger partial charge in [-0.15, -0.1) is 0 Å². The molecule has 1 aliphatic rings. The van der Waals surface area contributed by atoms with Crippen LogP contribution in [0, 0.1) is 0 Å². The Hall–Kier alpha value is -5.54. The molecule has 0 spiro atoms. The highest BCUT2D eigenvalue weighted by atomic mass is 15.2. The zero-order chi connectivity index (χ0) is 29.4. The van der Waals surface area contributed by atoms with E-state index in [1.165, 1.54) is 44.2 Å². The molecule has 2 heterocycles. The quantitative estimate of drug-likeness (QED) is 0.214. The van der Waals surface area contributed by atoms with Crippen molar-refractivity contribution in [2.45, 2.75) is 19.3 Å². The van der Waals surface area contributed by atoms with Crippen LogP contribution in [0.3, 0.4) is 0 Å². The van der Waals surface area contributed by atoms with E-state index in [4.69, 9.17) is 9.97 Å². The van der Waals surface area contributed by atoms with E-state index < -0.39 is 0 Å². The Morgan fingerprint density at radius 2 is 1.14 bits per heavy atom. The molecule has 2 aromatic heterocycles. The molecule has 0 bridgehead atoms. The second kappa shape index (κ2) is 9.23. The predicted octanol–water partition coefficient (Wildman–Crippen LogP) is 10.4. The SMILES string of the molecule is CC1(C)c2ccccc2-c2ccc(-c3ccc4c(c3)c3ccccc3n4-c3nc(-c4ccccc4)c4ccccc4n3)cc21. The summed E-state index contributed by atoms with van der Waals surface area (Å²) in [5.41, 5.74) is 13.0. The van der Waals surface area contributed by atoms with Crippen molar-refractivity contribution in [1.82, 2.24) is 14.5 Å². The van der Waals surface area contributed by atoms with Crippen LogP contribution in [0.1, 0.15) is 25.0 Å². The number of aromatic nitrogens is 3. The van der Waals surface area contributed by atoms with Crippen molar-refractivity contribution in [2.75, 3.05) is 0 Å². The van der Waals surface area contributed by atoms with E-state index in [0.29, 0.717) is 5.95 Å². The van der Waals surface area contributed by atoms with E-state index in [1.54, 1.807) is 0 Å². The zero-order valence-electron chi connectivity index (χ0n) is 24.6. The molecule has 0 radical (unpaired) electrons. The van der Waals surface area contributed by atoms with E-state index in [-0.39, 0.29) is 5.41 Å². The van der Waals surface area contributed by atoms with E-state index in [0.717, 1.165) is 33.2 Å². The van der Waals surface area contributed by atoms with Gasteiger partial charge in [0.25, 0.3) is 0 Å². The van der Waals surface area contributed by atoms with Crippen LogP contribution in [0.15, 0.2) is 140 Å². The van der Waals surface area contributed by atoms with Crippen molar-refractivity contribution >= 4 is 32.7 Å². The molecule has 0 amide bonds. The molecule has 44 heavy (non-hydrogen) atoms. The first kappa shape index (κ1) is 25.0. The molecular weight excluding hydrogens is 534 g/mol. The van der Waals surface area contributed by atoms with Gasteiger partial charge in [0.1, 0.15) is 0 Å². The second-order valence-electron chi connectivity index (χ2n) is 12.3. The number of benzene rings is 6. The first-order valence-electron chi connectivity index (χ1n) is 15.2. The van der Waals surface area contributed by atoms with E-state index in [9.17, 15) is 0 Å². The molecule has 1 aliphatic carbocycles. The maximum absolute atomic E-state index is 5.22. The number of fused-ring (bicyclic) bond motifs is 7. The summed E-state index contributed by atoms with van der Waals surface area (Å²) >= 11 is 0. The molecule has 0 fully saturated rings. The van der Waals surface area contributed by atoms with Gasteiger partial charge in [0.15, 0.2) is 0 Å². The summed E-state index contributed by atoms with van der Waals surface area (Å²) in [6.45, 7) is 4.68. The Bertz CT molecular complexity index is 2410. The highest BCUT2D eigenvalue weighted by Gasteiger charge is 2.35. The minimum absolute atomic E-state index is 0.0358. The maximum Gasteiger partial charge on any atom is 0.235 e. The van der Waals surface area contributed by atoms with Crippen LogP contribution in [-0.2, 0) is 5.41 Å². The lowest BCUT2D eigenvalue weighted by molar-refractivity contribution is 0.660. The van der Waals surface area contributed by atoms with Gasteiger partial charge in [0, 0.05) is 27.1 Å². The van der Waals surface area contributed by atoms with Crippen molar-refractivity contribution < 1.29 is 0 Å². The van der Waals surface area contributed by atoms with Gasteiger partial charge < -0.3 is 0 Å². The zero-order valence-corrected chi connectivity index (χ0v) is 24.6. The first-order valence-corrected chi connectivity index (χ1v) is 15.2. The van der Waals surface area contributed by atoms with Crippen molar-refractivity contribution in [3.05, 3.63) is 151 Å². The fourth-order valence-electron chi connectivity index (χ4n) is 7.23. The summed E-state index contributed by atoms with van der Waals surface area (Å²) < 4.78 is 2.22. The molecule has 0 aliphatic heterocycles. The normalized spacial score (nSPS) is 13.4. The van der Waals surface area contributed by atoms with Gasteiger partial charge in [-0.2, -0.15) is 0 Å². The summed E-state index contributed by atoms with van der Waals surface area (Å²) in [5, 5.41) is 3.43. The van der Waals surface area contributed by atoms with E-state index in [2.05, 4.69) is 146 Å². The number of hydrogen-bond acceptors (Lipinski definition) is 2. The minimum atomic E-state index is -0.0358. The van der Waals surface area contributed by atoms with Crippen LogP contribution in [0.2, 0.25) is 0 Å². The monoisotopic (exact) mass is 563 g/mol. The Morgan fingerprint density at radius 3 is 2.02 bits per heavy atom. The van der Waals surface area contributed by atoms with Gasteiger partial charge in [-0.1, -0.05) is 123 Å². The van der Waals surface area contributed by atoms with E-state index >= 15 is 0 Å². The van der Waals surface area contributed by atoms with Gasteiger partial charge in [-0.3, -0.25) is 4.57 Å².